The number of halogens is 3. The van der Waals surface area contributed by atoms with Gasteiger partial charge in [-0.05, 0) is 31.2 Å². The van der Waals surface area contributed by atoms with E-state index in [9.17, 15) is 14.0 Å². The molecule has 4 nitrogen and oxygen atoms in total. The molecule has 0 spiro atoms. The van der Waals surface area contributed by atoms with Crippen LogP contribution in [-0.4, -0.2) is 23.2 Å². The molecule has 0 radical (unpaired) electrons. The lowest BCUT2D eigenvalue weighted by Crippen LogP contribution is -2.27. The van der Waals surface area contributed by atoms with E-state index >= 15 is 0 Å². The molecule has 8 heteroatoms. The molecule has 0 N–H and O–H groups in total. The molecule has 1 aromatic heterocycles. The van der Waals surface area contributed by atoms with Gasteiger partial charge in [0.05, 0.1) is 15.7 Å². The first-order chi connectivity index (χ1) is 11.3. The maximum absolute atomic E-state index is 13.5. The van der Waals surface area contributed by atoms with Gasteiger partial charge in [-0.15, -0.1) is 11.3 Å². The van der Waals surface area contributed by atoms with Gasteiger partial charge in [0.2, 0.25) is 5.91 Å². The van der Waals surface area contributed by atoms with E-state index in [1.165, 1.54) is 41.4 Å². The molecule has 1 heterocycles. The van der Waals surface area contributed by atoms with Gasteiger partial charge in [0, 0.05) is 24.4 Å². The summed E-state index contributed by atoms with van der Waals surface area (Å²) in [4.78, 5) is 29.4. The number of allylic oxidation sites excluding steroid dienone is 1. The van der Waals surface area contributed by atoms with Crippen molar-refractivity contribution in [1.82, 2.24) is 4.98 Å². The zero-order valence-electron chi connectivity index (χ0n) is 12.8. The van der Waals surface area contributed by atoms with Gasteiger partial charge in [0.15, 0.2) is 10.9 Å². The third-order valence-corrected chi connectivity index (χ3v) is 4.60. The fourth-order valence-corrected chi connectivity index (χ4v) is 3.31. The van der Waals surface area contributed by atoms with Crippen molar-refractivity contribution in [3.8, 4) is 0 Å². The SMILES string of the molecule is CCN(C(C)=O)c1nc(/C=C/C(=O)c2cc(F)c(Cl)cc2Cl)cs1. The second-order valence-corrected chi connectivity index (χ2v) is 6.41. The van der Waals surface area contributed by atoms with E-state index in [1.807, 2.05) is 6.92 Å². The lowest BCUT2D eigenvalue weighted by Gasteiger charge is -2.14. The fraction of sp³-hybridized carbons (Fsp3) is 0.188. The van der Waals surface area contributed by atoms with E-state index in [4.69, 9.17) is 23.2 Å². The molecule has 0 saturated carbocycles. The van der Waals surface area contributed by atoms with E-state index in [0.717, 1.165) is 6.07 Å². The summed E-state index contributed by atoms with van der Waals surface area (Å²) in [5.74, 6) is -1.29. The Morgan fingerprint density at radius 2 is 2.04 bits per heavy atom. The van der Waals surface area contributed by atoms with Crippen molar-refractivity contribution in [1.29, 1.82) is 0 Å². The number of aromatic nitrogens is 1. The Labute approximate surface area is 152 Å². The summed E-state index contributed by atoms with van der Waals surface area (Å²) in [6.07, 6.45) is 2.73. The molecule has 24 heavy (non-hydrogen) atoms. The van der Waals surface area contributed by atoms with Crippen LogP contribution in [0.25, 0.3) is 6.08 Å². The predicted molar refractivity (Wildman–Crippen MR) is 95.6 cm³/mol. The maximum Gasteiger partial charge on any atom is 0.225 e. The third kappa shape index (κ3) is 4.20. The van der Waals surface area contributed by atoms with Crippen molar-refractivity contribution in [2.24, 2.45) is 0 Å². The Hall–Kier alpha value is -1.76. The van der Waals surface area contributed by atoms with Crippen molar-refractivity contribution in [3.63, 3.8) is 0 Å². The van der Waals surface area contributed by atoms with Gasteiger partial charge in [-0.25, -0.2) is 9.37 Å². The van der Waals surface area contributed by atoms with Gasteiger partial charge in [-0.1, -0.05) is 23.2 Å². The Morgan fingerprint density at radius 1 is 1.33 bits per heavy atom. The van der Waals surface area contributed by atoms with Crippen molar-refractivity contribution < 1.29 is 14.0 Å². The molecule has 0 fully saturated rings. The summed E-state index contributed by atoms with van der Waals surface area (Å²) >= 11 is 12.8. The maximum atomic E-state index is 13.5. The summed E-state index contributed by atoms with van der Waals surface area (Å²) in [5.41, 5.74) is 0.540. The number of benzene rings is 1. The molecule has 0 atom stereocenters. The number of rotatable bonds is 5. The molecule has 1 aromatic carbocycles. The van der Waals surface area contributed by atoms with E-state index in [1.54, 1.807) is 5.38 Å². The number of hydrogen-bond acceptors (Lipinski definition) is 4. The molecule has 0 bridgehead atoms. The normalized spacial score (nSPS) is 11.0. The zero-order valence-corrected chi connectivity index (χ0v) is 15.2. The smallest absolute Gasteiger partial charge is 0.225 e. The number of thiazole rings is 1. The Morgan fingerprint density at radius 3 is 2.67 bits per heavy atom. The molecule has 0 saturated heterocycles. The summed E-state index contributed by atoms with van der Waals surface area (Å²) in [7, 11) is 0. The largest absolute Gasteiger partial charge is 0.289 e. The number of carbonyl (C=O) groups is 2. The number of hydrogen-bond donors (Lipinski definition) is 0. The van der Waals surface area contributed by atoms with Crippen LogP contribution in [0.15, 0.2) is 23.6 Å². The van der Waals surface area contributed by atoms with Crippen LogP contribution in [0.3, 0.4) is 0 Å². The Kier molecular flexibility index (Phi) is 6.10. The molecular weight excluding hydrogens is 374 g/mol. The minimum absolute atomic E-state index is 0.0178. The lowest BCUT2D eigenvalue weighted by atomic mass is 10.1. The van der Waals surface area contributed by atoms with Crippen LogP contribution in [0.4, 0.5) is 9.52 Å². The molecule has 126 valence electrons. The highest BCUT2D eigenvalue weighted by Gasteiger charge is 2.14. The topological polar surface area (TPSA) is 50.3 Å². The first kappa shape index (κ1) is 18.6. The highest BCUT2D eigenvalue weighted by Crippen LogP contribution is 2.25. The highest BCUT2D eigenvalue weighted by atomic mass is 35.5. The van der Waals surface area contributed by atoms with Crippen LogP contribution >= 0.6 is 34.5 Å². The molecule has 2 rings (SSSR count). The minimum Gasteiger partial charge on any atom is -0.289 e. The van der Waals surface area contributed by atoms with Gasteiger partial charge in [-0.3, -0.25) is 14.5 Å². The average molecular weight is 387 g/mol. The van der Waals surface area contributed by atoms with Crippen molar-refractivity contribution >= 4 is 57.4 Å². The van der Waals surface area contributed by atoms with Gasteiger partial charge < -0.3 is 0 Å². The summed E-state index contributed by atoms with van der Waals surface area (Å²) in [6, 6.07) is 2.19. The van der Waals surface area contributed by atoms with Crippen molar-refractivity contribution in [3.05, 3.63) is 50.7 Å². The molecular formula is C16H13Cl2FN2O2S. The Balaban J connectivity index is 2.20. The molecule has 0 aliphatic rings. The van der Waals surface area contributed by atoms with E-state index in [-0.39, 0.29) is 21.5 Å². The lowest BCUT2D eigenvalue weighted by molar-refractivity contribution is -0.116. The van der Waals surface area contributed by atoms with Gasteiger partial charge in [0.25, 0.3) is 0 Å². The zero-order chi connectivity index (χ0) is 17.9. The van der Waals surface area contributed by atoms with Gasteiger partial charge >= 0.3 is 0 Å². The molecule has 0 aliphatic heterocycles. The molecule has 0 unspecified atom stereocenters. The molecule has 0 aliphatic carbocycles. The third-order valence-electron chi connectivity index (χ3n) is 3.12. The summed E-state index contributed by atoms with van der Waals surface area (Å²) < 4.78 is 13.5. The first-order valence-corrected chi connectivity index (χ1v) is 8.57. The van der Waals surface area contributed by atoms with Crippen LogP contribution in [0, 0.1) is 5.82 Å². The number of ketones is 1. The number of carbonyl (C=O) groups excluding carboxylic acids is 2. The van der Waals surface area contributed by atoms with E-state index < -0.39 is 11.6 Å². The second-order valence-electron chi connectivity index (χ2n) is 4.76. The highest BCUT2D eigenvalue weighted by molar-refractivity contribution is 7.14. The van der Waals surface area contributed by atoms with Crippen molar-refractivity contribution in [2.75, 3.05) is 11.4 Å². The van der Waals surface area contributed by atoms with Gasteiger partial charge in [-0.2, -0.15) is 0 Å². The van der Waals surface area contributed by atoms with Crippen LogP contribution < -0.4 is 4.90 Å². The fourth-order valence-electron chi connectivity index (χ4n) is 1.93. The number of amides is 1. The second kappa shape index (κ2) is 7.88. The summed E-state index contributed by atoms with van der Waals surface area (Å²) in [6.45, 7) is 3.81. The number of anilines is 1. The van der Waals surface area contributed by atoms with Crippen molar-refractivity contribution in [2.45, 2.75) is 13.8 Å². The van der Waals surface area contributed by atoms with Crippen LogP contribution in [-0.2, 0) is 4.79 Å². The monoisotopic (exact) mass is 386 g/mol. The molecule has 2 aromatic rings. The van der Waals surface area contributed by atoms with E-state index in [0.29, 0.717) is 17.4 Å². The predicted octanol–water partition coefficient (Wildman–Crippen LogP) is 4.86. The number of nitrogens with zero attached hydrogens (tertiary/aromatic N) is 2. The Bertz CT molecular complexity index is 820. The summed E-state index contributed by atoms with van der Waals surface area (Å²) in [5, 5.41) is 2.19. The molecule has 1 amide bonds. The van der Waals surface area contributed by atoms with E-state index in [2.05, 4.69) is 4.98 Å². The first-order valence-electron chi connectivity index (χ1n) is 6.94. The standard InChI is InChI=1S/C16H13Cl2FN2O2S/c1-3-21(9(2)22)16-20-10(8-24-16)4-5-15(23)11-6-14(19)13(18)7-12(11)17/h4-8H,3H2,1-2H3/b5-4+. The van der Waals surface area contributed by atoms with Crippen LogP contribution in [0.1, 0.15) is 29.9 Å². The van der Waals surface area contributed by atoms with Crippen LogP contribution in [0.5, 0.6) is 0 Å². The minimum atomic E-state index is -0.714. The average Bonchev–Trinajstić information content (AvgIpc) is 2.97. The van der Waals surface area contributed by atoms with Gasteiger partial charge in [0.1, 0.15) is 5.82 Å². The van der Waals surface area contributed by atoms with Crippen LogP contribution in [0.2, 0.25) is 10.0 Å². The quantitative estimate of drug-likeness (QED) is 0.418.